The van der Waals surface area contributed by atoms with Crippen molar-refractivity contribution in [2.24, 2.45) is 5.92 Å². The van der Waals surface area contributed by atoms with Crippen molar-refractivity contribution in [3.63, 3.8) is 0 Å². The monoisotopic (exact) mass is 274 g/mol. The number of carboxylic acid groups (broad SMARTS) is 1. The van der Waals surface area contributed by atoms with E-state index in [-0.39, 0.29) is 11.8 Å². The number of aliphatic carboxylic acids is 1. The Bertz CT molecular complexity index is 289. The van der Waals surface area contributed by atoms with Gasteiger partial charge < -0.3 is 14.9 Å². The summed E-state index contributed by atoms with van der Waals surface area (Å²) in [6, 6.07) is 0. The molecular weight excluding hydrogens is 252 g/mol. The molecule has 0 aromatic heterocycles. The van der Waals surface area contributed by atoms with Crippen LogP contribution in [0.2, 0.25) is 0 Å². The molecule has 0 aromatic rings. The van der Waals surface area contributed by atoms with Crippen LogP contribution in [0, 0.1) is 5.92 Å². The number of likely N-dealkylation sites (tertiary alicyclic amines) is 1. The molecule has 0 atom stereocenters. The zero-order chi connectivity index (χ0) is 13.5. The molecule has 0 saturated carbocycles. The number of carbonyl (C=O) groups excluding carboxylic acids is 1. The highest BCUT2D eigenvalue weighted by Gasteiger charge is 2.26. The topological polar surface area (TPSA) is 60.9 Å². The van der Waals surface area contributed by atoms with E-state index in [1.165, 1.54) is 0 Å². The van der Waals surface area contributed by atoms with Crippen molar-refractivity contribution < 1.29 is 14.7 Å². The first-order chi connectivity index (χ1) is 8.50. The molecule has 0 bridgehead atoms. The van der Waals surface area contributed by atoms with E-state index in [1.54, 1.807) is 16.7 Å². The Morgan fingerprint density at radius 1 is 1.33 bits per heavy atom. The summed E-state index contributed by atoms with van der Waals surface area (Å²) >= 11 is 1.64. The zero-order valence-corrected chi connectivity index (χ0v) is 11.9. The molecular formula is C12H22N2O3S. The summed E-state index contributed by atoms with van der Waals surface area (Å²) in [5.41, 5.74) is 0. The maximum atomic E-state index is 11.9. The van der Waals surface area contributed by atoms with Crippen molar-refractivity contribution in [3.05, 3.63) is 0 Å². The highest BCUT2D eigenvalue weighted by Crippen LogP contribution is 2.18. The van der Waals surface area contributed by atoms with Crippen molar-refractivity contribution in [2.45, 2.75) is 12.8 Å². The first kappa shape index (κ1) is 15.3. The van der Waals surface area contributed by atoms with Gasteiger partial charge >= 0.3 is 5.97 Å². The van der Waals surface area contributed by atoms with Crippen molar-refractivity contribution in [2.75, 3.05) is 45.2 Å². The first-order valence-corrected chi connectivity index (χ1v) is 7.39. The highest BCUT2D eigenvalue weighted by molar-refractivity contribution is 7.99. The molecule has 1 aliphatic heterocycles. The predicted molar refractivity (Wildman–Crippen MR) is 72.8 cm³/mol. The maximum absolute atomic E-state index is 11.9. The minimum absolute atomic E-state index is 0.141. The third-order valence-electron chi connectivity index (χ3n) is 3.11. The average molecular weight is 274 g/mol. The number of carbonyl (C=O) groups is 2. The van der Waals surface area contributed by atoms with Gasteiger partial charge in [0.25, 0.3) is 0 Å². The Labute approximate surface area is 113 Å². The molecule has 0 unspecified atom stereocenters. The molecule has 0 spiro atoms. The van der Waals surface area contributed by atoms with E-state index in [9.17, 15) is 9.59 Å². The van der Waals surface area contributed by atoms with E-state index in [0.29, 0.717) is 31.7 Å². The predicted octanol–water partition coefficient (Wildman–Crippen LogP) is 0.604. The summed E-state index contributed by atoms with van der Waals surface area (Å²) in [4.78, 5) is 26.5. The van der Waals surface area contributed by atoms with E-state index in [1.807, 2.05) is 14.1 Å². The van der Waals surface area contributed by atoms with E-state index in [0.717, 1.165) is 12.3 Å². The number of piperidine rings is 1. The zero-order valence-electron chi connectivity index (χ0n) is 11.1. The van der Waals surface area contributed by atoms with Gasteiger partial charge in [-0.25, -0.2) is 0 Å². The van der Waals surface area contributed by atoms with E-state index < -0.39 is 5.97 Å². The van der Waals surface area contributed by atoms with Gasteiger partial charge in [-0.1, -0.05) is 0 Å². The molecule has 104 valence electrons. The third-order valence-corrected chi connectivity index (χ3v) is 4.03. The quantitative estimate of drug-likeness (QED) is 0.719. The SMILES string of the molecule is CN(C)CCSCC(=O)N1CCC(C(=O)O)CC1. The van der Waals surface area contributed by atoms with E-state index in [2.05, 4.69) is 4.90 Å². The smallest absolute Gasteiger partial charge is 0.306 e. The average Bonchev–Trinajstić information content (AvgIpc) is 2.34. The van der Waals surface area contributed by atoms with Crippen LogP contribution in [0.4, 0.5) is 0 Å². The molecule has 1 N–H and O–H groups in total. The van der Waals surface area contributed by atoms with Crippen LogP contribution in [-0.4, -0.2) is 72.0 Å². The Morgan fingerprint density at radius 2 is 1.94 bits per heavy atom. The minimum Gasteiger partial charge on any atom is -0.481 e. The molecule has 0 aliphatic carbocycles. The standard InChI is InChI=1S/C12H22N2O3S/c1-13(2)7-8-18-9-11(15)14-5-3-10(4-6-14)12(16)17/h10H,3-9H2,1-2H3,(H,16,17). The number of carboxylic acids is 1. The first-order valence-electron chi connectivity index (χ1n) is 6.23. The Hall–Kier alpha value is -0.750. The molecule has 1 rings (SSSR count). The van der Waals surface area contributed by atoms with Crippen LogP contribution in [0.15, 0.2) is 0 Å². The summed E-state index contributed by atoms with van der Waals surface area (Å²) in [7, 11) is 4.03. The summed E-state index contributed by atoms with van der Waals surface area (Å²) in [6.45, 7) is 2.15. The van der Waals surface area contributed by atoms with Crippen molar-refractivity contribution in [1.82, 2.24) is 9.80 Å². The van der Waals surface area contributed by atoms with Crippen LogP contribution in [-0.2, 0) is 9.59 Å². The molecule has 1 heterocycles. The van der Waals surface area contributed by atoms with Gasteiger partial charge in [-0.15, -0.1) is 0 Å². The molecule has 5 nitrogen and oxygen atoms in total. The molecule has 6 heteroatoms. The largest absolute Gasteiger partial charge is 0.481 e. The second-order valence-corrected chi connectivity index (χ2v) is 5.95. The molecule has 18 heavy (non-hydrogen) atoms. The van der Waals surface area contributed by atoms with Crippen molar-refractivity contribution >= 4 is 23.6 Å². The van der Waals surface area contributed by atoms with Crippen LogP contribution in [0.5, 0.6) is 0 Å². The van der Waals surface area contributed by atoms with E-state index in [4.69, 9.17) is 5.11 Å². The summed E-state index contributed by atoms with van der Waals surface area (Å²) in [5.74, 6) is 0.594. The minimum atomic E-state index is -0.734. The highest BCUT2D eigenvalue weighted by atomic mass is 32.2. The number of nitrogens with zero attached hydrogens (tertiary/aromatic N) is 2. The van der Waals surface area contributed by atoms with Crippen LogP contribution in [0.3, 0.4) is 0 Å². The maximum Gasteiger partial charge on any atom is 0.306 e. The van der Waals surface area contributed by atoms with Gasteiger partial charge in [0.05, 0.1) is 11.7 Å². The van der Waals surface area contributed by atoms with Gasteiger partial charge in [0.15, 0.2) is 0 Å². The van der Waals surface area contributed by atoms with Crippen LogP contribution < -0.4 is 0 Å². The molecule has 0 radical (unpaired) electrons. The van der Waals surface area contributed by atoms with Gasteiger partial charge in [0.2, 0.25) is 5.91 Å². The fourth-order valence-electron chi connectivity index (χ4n) is 1.87. The van der Waals surface area contributed by atoms with Crippen LogP contribution >= 0.6 is 11.8 Å². The van der Waals surface area contributed by atoms with Gasteiger partial charge in [0.1, 0.15) is 0 Å². The van der Waals surface area contributed by atoms with Gasteiger partial charge in [0, 0.05) is 25.4 Å². The normalized spacial score (nSPS) is 17.2. The molecule has 1 saturated heterocycles. The van der Waals surface area contributed by atoms with Crippen molar-refractivity contribution in [3.8, 4) is 0 Å². The second kappa shape index (κ2) is 7.63. The lowest BCUT2D eigenvalue weighted by molar-refractivity contribution is -0.145. The number of amides is 1. The summed E-state index contributed by atoms with van der Waals surface area (Å²) < 4.78 is 0. The fraction of sp³-hybridized carbons (Fsp3) is 0.833. The molecule has 0 aromatic carbocycles. The Balaban J connectivity index is 2.18. The molecule has 1 amide bonds. The second-order valence-electron chi connectivity index (χ2n) is 4.85. The number of thioether (sulfide) groups is 1. The summed E-state index contributed by atoms with van der Waals surface area (Å²) in [6.07, 6.45) is 1.17. The van der Waals surface area contributed by atoms with Crippen molar-refractivity contribution in [1.29, 1.82) is 0 Å². The van der Waals surface area contributed by atoms with E-state index >= 15 is 0 Å². The van der Waals surface area contributed by atoms with Crippen LogP contribution in [0.25, 0.3) is 0 Å². The number of rotatable bonds is 6. The number of hydrogen-bond acceptors (Lipinski definition) is 4. The lowest BCUT2D eigenvalue weighted by Crippen LogP contribution is -2.41. The van der Waals surface area contributed by atoms with Gasteiger partial charge in [-0.3, -0.25) is 9.59 Å². The fourth-order valence-corrected chi connectivity index (χ4v) is 2.87. The van der Waals surface area contributed by atoms with Crippen LogP contribution in [0.1, 0.15) is 12.8 Å². The third kappa shape index (κ3) is 5.27. The lowest BCUT2D eigenvalue weighted by Gasteiger charge is -2.30. The Kier molecular flexibility index (Phi) is 6.49. The van der Waals surface area contributed by atoms with Gasteiger partial charge in [-0.05, 0) is 26.9 Å². The number of hydrogen-bond donors (Lipinski definition) is 1. The van der Waals surface area contributed by atoms with Gasteiger partial charge in [-0.2, -0.15) is 11.8 Å². The summed E-state index contributed by atoms with van der Waals surface area (Å²) in [5, 5.41) is 8.88. The Morgan fingerprint density at radius 3 is 2.44 bits per heavy atom. The molecule has 1 aliphatic rings. The lowest BCUT2D eigenvalue weighted by atomic mass is 9.97. The molecule has 1 fully saturated rings.